The molecule has 0 saturated carbocycles. The van der Waals surface area contributed by atoms with Gasteiger partial charge >= 0.3 is 5.97 Å². The molecule has 2 heterocycles. The number of nitrogens with one attached hydrogen (secondary N) is 1. The largest absolute Gasteiger partial charge is 0.505 e. The van der Waals surface area contributed by atoms with Gasteiger partial charge in [-0.05, 0) is 18.2 Å². The van der Waals surface area contributed by atoms with Crippen LogP contribution in [0.2, 0.25) is 0 Å². The lowest BCUT2D eigenvalue weighted by atomic mass is 10.1. The number of carbonyl (C=O) groups is 2. The summed E-state index contributed by atoms with van der Waals surface area (Å²) in [5.41, 5.74) is 0.927. The van der Waals surface area contributed by atoms with E-state index in [9.17, 15) is 19.1 Å². The fourth-order valence-corrected chi connectivity index (χ4v) is 2.20. The van der Waals surface area contributed by atoms with Crippen LogP contribution in [0.5, 0.6) is 5.75 Å². The smallest absolute Gasteiger partial charge is 0.322 e. The standard InChI is InChI=1S/C17H12FN3O5/c18-11-3-1-2-9(4-11)12-6-14(26-21-12)10-5-13(22)16(19-7-10)17(25)20-8-15(23)24/h1-7,22H,8H2,(H,20,25)(H,23,24). The molecule has 2 aromatic heterocycles. The van der Waals surface area contributed by atoms with E-state index in [1.54, 1.807) is 6.07 Å². The van der Waals surface area contributed by atoms with Gasteiger partial charge in [0.05, 0.1) is 0 Å². The van der Waals surface area contributed by atoms with Gasteiger partial charge in [0.15, 0.2) is 11.5 Å². The van der Waals surface area contributed by atoms with Crippen LogP contribution in [0.1, 0.15) is 10.5 Å². The van der Waals surface area contributed by atoms with Crippen LogP contribution in [0.4, 0.5) is 4.39 Å². The molecule has 26 heavy (non-hydrogen) atoms. The number of hydrogen-bond acceptors (Lipinski definition) is 6. The zero-order chi connectivity index (χ0) is 18.7. The summed E-state index contributed by atoms with van der Waals surface area (Å²) in [7, 11) is 0. The summed E-state index contributed by atoms with van der Waals surface area (Å²) < 4.78 is 18.5. The van der Waals surface area contributed by atoms with Crippen LogP contribution in [-0.4, -0.2) is 38.8 Å². The predicted molar refractivity (Wildman–Crippen MR) is 86.8 cm³/mol. The van der Waals surface area contributed by atoms with Crippen LogP contribution in [0.3, 0.4) is 0 Å². The van der Waals surface area contributed by atoms with Crippen LogP contribution >= 0.6 is 0 Å². The van der Waals surface area contributed by atoms with E-state index in [2.05, 4.69) is 15.5 Å². The number of carbonyl (C=O) groups excluding carboxylic acids is 1. The minimum Gasteiger partial charge on any atom is -0.505 e. The molecular formula is C17H12FN3O5. The molecule has 0 spiro atoms. The van der Waals surface area contributed by atoms with Crippen molar-refractivity contribution in [2.75, 3.05) is 6.54 Å². The Morgan fingerprint density at radius 1 is 1.19 bits per heavy atom. The third-order valence-electron chi connectivity index (χ3n) is 3.40. The molecule has 3 N–H and O–H groups in total. The maximum atomic E-state index is 13.3. The van der Waals surface area contributed by atoms with Crippen molar-refractivity contribution in [3.05, 3.63) is 54.1 Å². The second kappa shape index (κ2) is 7.01. The van der Waals surface area contributed by atoms with Gasteiger partial charge in [-0.3, -0.25) is 9.59 Å². The number of amides is 1. The van der Waals surface area contributed by atoms with Gasteiger partial charge < -0.3 is 20.1 Å². The first kappa shape index (κ1) is 17.1. The number of aromatic hydroxyl groups is 1. The van der Waals surface area contributed by atoms with Crippen molar-refractivity contribution in [2.24, 2.45) is 0 Å². The molecule has 0 radical (unpaired) electrons. The van der Waals surface area contributed by atoms with E-state index >= 15 is 0 Å². The van der Waals surface area contributed by atoms with Crippen LogP contribution in [0.15, 0.2) is 47.1 Å². The van der Waals surface area contributed by atoms with Gasteiger partial charge in [0.2, 0.25) is 0 Å². The summed E-state index contributed by atoms with van der Waals surface area (Å²) in [4.78, 5) is 26.1. The highest BCUT2D eigenvalue weighted by atomic mass is 19.1. The lowest BCUT2D eigenvalue weighted by Gasteiger charge is -2.05. The van der Waals surface area contributed by atoms with Crippen molar-refractivity contribution in [1.29, 1.82) is 0 Å². The molecule has 0 saturated heterocycles. The normalized spacial score (nSPS) is 10.5. The van der Waals surface area contributed by atoms with Crippen molar-refractivity contribution in [1.82, 2.24) is 15.5 Å². The highest BCUT2D eigenvalue weighted by molar-refractivity contribution is 5.96. The molecule has 8 nitrogen and oxygen atoms in total. The van der Waals surface area contributed by atoms with Gasteiger partial charge in [-0.2, -0.15) is 0 Å². The molecule has 9 heteroatoms. The summed E-state index contributed by atoms with van der Waals surface area (Å²) in [5.74, 6) is -2.66. The number of benzene rings is 1. The number of halogens is 1. The first-order chi connectivity index (χ1) is 12.4. The summed E-state index contributed by atoms with van der Waals surface area (Å²) in [6, 6.07) is 8.58. The topological polar surface area (TPSA) is 126 Å². The number of carboxylic acid groups (broad SMARTS) is 1. The first-order valence-corrected chi connectivity index (χ1v) is 7.36. The number of pyridine rings is 1. The number of aromatic nitrogens is 2. The van der Waals surface area contributed by atoms with E-state index < -0.39 is 30.0 Å². The number of aliphatic carboxylic acids is 1. The van der Waals surface area contributed by atoms with E-state index in [1.165, 1.54) is 36.5 Å². The average molecular weight is 357 g/mol. The Hall–Kier alpha value is -3.75. The molecule has 0 unspecified atom stereocenters. The van der Waals surface area contributed by atoms with Gasteiger partial charge in [0.1, 0.15) is 23.8 Å². The van der Waals surface area contributed by atoms with Crippen LogP contribution in [0.25, 0.3) is 22.6 Å². The molecule has 0 aliphatic heterocycles. The average Bonchev–Trinajstić information content (AvgIpc) is 3.09. The Kier molecular flexibility index (Phi) is 4.61. The van der Waals surface area contributed by atoms with Crippen molar-refractivity contribution in [3.8, 4) is 28.3 Å². The maximum Gasteiger partial charge on any atom is 0.322 e. The van der Waals surface area contributed by atoms with E-state index in [0.29, 0.717) is 16.8 Å². The highest BCUT2D eigenvalue weighted by Gasteiger charge is 2.17. The predicted octanol–water partition coefficient (Wildman–Crippen LogP) is 2.06. The highest BCUT2D eigenvalue weighted by Crippen LogP contribution is 2.28. The molecule has 3 aromatic rings. The second-order valence-electron chi connectivity index (χ2n) is 5.25. The number of nitrogens with zero attached hydrogens (tertiary/aromatic N) is 2. The summed E-state index contributed by atoms with van der Waals surface area (Å²) >= 11 is 0. The Labute approximate surface area is 145 Å². The number of hydrogen-bond donors (Lipinski definition) is 3. The summed E-state index contributed by atoms with van der Waals surface area (Å²) in [6.45, 7) is -0.596. The van der Waals surface area contributed by atoms with Crippen molar-refractivity contribution >= 4 is 11.9 Å². The van der Waals surface area contributed by atoms with Gasteiger partial charge in [-0.1, -0.05) is 17.3 Å². The fraction of sp³-hybridized carbons (Fsp3) is 0.0588. The zero-order valence-corrected chi connectivity index (χ0v) is 13.1. The van der Waals surface area contributed by atoms with Crippen LogP contribution in [-0.2, 0) is 4.79 Å². The van der Waals surface area contributed by atoms with Gasteiger partial charge in [0, 0.05) is 23.4 Å². The van der Waals surface area contributed by atoms with Crippen LogP contribution < -0.4 is 5.32 Å². The molecule has 0 fully saturated rings. The Morgan fingerprint density at radius 2 is 2.00 bits per heavy atom. The summed E-state index contributed by atoms with van der Waals surface area (Å²) in [6.07, 6.45) is 1.27. The molecular weight excluding hydrogens is 345 g/mol. The van der Waals surface area contributed by atoms with Crippen molar-refractivity contribution in [3.63, 3.8) is 0 Å². The minimum atomic E-state index is -1.22. The van der Waals surface area contributed by atoms with E-state index in [-0.39, 0.29) is 11.5 Å². The minimum absolute atomic E-state index is 0.254. The Morgan fingerprint density at radius 3 is 2.69 bits per heavy atom. The van der Waals surface area contributed by atoms with Crippen molar-refractivity contribution < 1.29 is 28.7 Å². The lowest BCUT2D eigenvalue weighted by Crippen LogP contribution is -2.29. The Balaban J connectivity index is 1.84. The van der Waals surface area contributed by atoms with E-state index in [0.717, 1.165) is 0 Å². The molecule has 1 amide bonds. The molecule has 1 aromatic carbocycles. The molecule has 0 aliphatic carbocycles. The fourth-order valence-electron chi connectivity index (χ4n) is 2.20. The zero-order valence-electron chi connectivity index (χ0n) is 13.1. The van der Waals surface area contributed by atoms with Crippen LogP contribution in [0, 0.1) is 5.82 Å². The molecule has 0 aliphatic rings. The Bertz CT molecular complexity index is 986. The van der Waals surface area contributed by atoms with Crippen molar-refractivity contribution in [2.45, 2.75) is 0 Å². The monoisotopic (exact) mass is 357 g/mol. The molecule has 132 valence electrons. The maximum absolute atomic E-state index is 13.3. The quantitative estimate of drug-likeness (QED) is 0.638. The number of carboxylic acids is 1. The van der Waals surface area contributed by atoms with Gasteiger partial charge in [-0.25, -0.2) is 9.37 Å². The first-order valence-electron chi connectivity index (χ1n) is 7.36. The number of rotatable bonds is 5. The van der Waals surface area contributed by atoms with E-state index in [1.807, 2.05) is 0 Å². The van der Waals surface area contributed by atoms with E-state index in [4.69, 9.17) is 9.63 Å². The molecule has 0 atom stereocenters. The third kappa shape index (κ3) is 3.66. The molecule has 0 bridgehead atoms. The molecule has 3 rings (SSSR count). The van der Waals surface area contributed by atoms with Gasteiger partial charge in [0.25, 0.3) is 5.91 Å². The SMILES string of the molecule is O=C(O)CNC(=O)c1ncc(-c2cc(-c3cccc(F)c3)no2)cc1O. The third-order valence-corrected chi connectivity index (χ3v) is 3.40. The van der Waals surface area contributed by atoms with Gasteiger partial charge in [-0.15, -0.1) is 0 Å². The summed E-state index contributed by atoms with van der Waals surface area (Å²) in [5, 5.41) is 24.5. The lowest BCUT2D eigenvalue weighted by molar-refractivity contribution is -0.135. The second-order valence-corrected chi connectivity index (χ2v) is 5.25.